The number of pyridine rings is 1. The van der Waals surface area contributed by atoms with Crippen LogP contribution >= 0.6 is 11.6 Å². The molecular formula is C17H14ClN5O. The first-order valence-corrected chi connectivity index (χ1v) is 8.26. The Labute approximate surface area is 142 Å². The van der Waals surface area contributed by atoms with E-state index >= 15 is 0 Å². The lowest BCUT2D eigenvalue weighted by atomic mass is 9.81. The van der Waals surface area contributed by atoms with Crippen molar-refractivity contribution in [3.63, 3.8) is 0 Å². The quantitative estimate of drug-likeness (QED) is 0.539. The van der Waals surface area contributed by atoms with Crippen LogP contribution in [0.3, 0.4) is 0 Å². The highest BCUT2D eigenvalue weighted by molar-refractivity contribution is 6.25. The highest BCUT2D eigenvalue weighted by atomic mass is 35.5. The third-order valence-corrected chi connectivity index (χ3v) is 5.18. The molecule has 0 saturated heterocycles. The van der Waals surface area contributed by atoms with Crippen molar-refractivity contribution in [3.8, 4) is 0 Å². The summed E-state index contributed by atoms with van der Waals surface area (Å²) in [5.41, 5.74) is 4.11. The Hall–Kier alpha value is -2.60. The Morgan fingerprint density at radius 2 is 2.17 bits per heavy atom. The maximum absolute atomic E-state index is 6.61. The van der Waals surface area contributed by atoms with E-state index in [1.807, 2.05) is 30.3 Å². The number of alkyl halides is 1. The molecule has 0 spiro atoms. The van der Waals surface area contributed by atoms with Gasteiger partial charge in [0.2, 0.25) is 0 Å². The van der Waals surface area contributed by atoms with Crippen LogP contribution in [0.4, 0.5) is 11.5 Å². The number of fused-ring (bicyclic) bond motifs is 2. The predicted molar refractivity (Wildman–Crippen MR) is 92.6 cm³/mol. The van der Waals surface area contributed by atoms with Crippen LogP contribution in [0.5, 0.6) is 0 Å². The second kappa shape index (κ2) is 4.95. The highest BCUT2D eigenvalue weighted by Gasteiger charge is 2.40. The van der Waals surface area contributed by atoms with Gasteiger partial charge in [-0.25, -0.2) is 0 Å². The minimum absolute atomic E-state index is 0.359. The summed E-state index contributed by atoms with van der Waals surface area (Å²) in [6.45, 7) is 0. The third kappa shape index (κ3) is 1.99. The lowest BCUT2D eigenvalue weighted by molar-refractivity contribution is 0.333. The van der Waals surface area contributed by atoms with Gasteiger partial charge in [0.15, 0.2) is 11.4 Å². The molecule has 7 heteroatoms. The van der Waals surface area contributed by atoms with Gasteiger partial charge in [-0.2, -0.15) is 5.10 Å². The monoisotopic (exact) mass is 339 g/mol. The number of aromatic nitrogens is 4. The van der Waals surface area contributed by atoms with Crippen LogP contribution in [0.25, 0.3) is 22.0 Å². The van der Waals surface area contributed by atoms with Crippen LogP contribution < -0.4 is 5.32 Å². The van der Waals surface area contributed by atoms with E-state index in [0.29, 0.717) is 5.82 Å². The Bertz CT molecular complexity index is 1050. The minimum atomic E-state index is -0.359. The Morgan fingerprint density at radius 3 is 3.00 bits per heavy atom. The van der Waals surface area contributed by atoms with E-state index in [9.17, 15) is 0 Å². The standard InChI is InChI=1S/C17H14ClN5O/c18-17(6-2-7-17)15-11-5-4-10(9-13(11)24-23-15)20-16-14-12(21-22-16)3-1-8-19-14/h1,3-5,8-9H,2,6-7H2,(H2,20,21,22). The van der Waals surface area contributed by atoms with Gasteiger partial charge in [-0.3, -0.25) is 10.1 Å². The van der Waals surface area contributed by atoms with Crippen molar-refractivity contribution in [2.75, 3.05) is 5.32 Å². The van der Waals surface area contributed by atoms with Gasteiger partial charge < -0.3 is 9.84 Å². The van der Waals surface area contributed by atoms with Crippen LogP contribution in [-0.4, -0.2) is 20.3 Å². The van der Waals surface area contributed by atoms with E-state index in [2.05, 4.69) is 25.7 Å². The molecule has 1 aliphatic rings. The first kappa shape index (κ1) is 13.8. The molecule has 1 aliphatic carbocycles. The second-order valence-electron chi connectivity index (χ2n) is 6.16. The number of hydrogen-bond donors (Lipinski definition) is 2. The summed E-state index contributed by atoms with van der Waals surface area (Å²) in [4.78, 5) is 3.99. The summed E-state index contributed by atoms with van der Waals surface area (Å²) in [6.07, 6.45) is 4.77. The Morgan fingerprint density at radius 1 is 1.25 bits per heavy atom. The molecular weight excluding hydrogens is 326 g/mol. The molecule has 1 saturated carbocycles. The van der Waals surface area contributed by atoms with Gasteiger partial charge in [0.25, 0.3) is 0 Å². The number of anilines is 2. The molecule has 1 aromatic carbocycles. The average Bonchev–Trinajstić information content (AvgIpc) is 3.17. The first-order valence-electron chi connectivity index (χ1n) is 7.88. The number of halogens is 1. The van der Waals surface area contributed by atoms with Crippen molar-refractivity contribution >= 4 is 45.1 Å². The molecule has 120 valence electrons. The zero-order valence-electron chi connectivity index (χ0n) is 12.7. The molecule has 0 aliphatic heterocycles. The van der Waals surface area contributed by atoms with Gasteiger partial charge in [-0.15, -0.1) is 11.6 Å². The summed E-state index contributed by atoms with van der Waals surface area (Å²) in [7, 11) is 0. The average molecular weight is 340 g/mol. The Kier molecular flexibility index (Phi) is 2.84. The maximum atomic E-state index is 6.61. The molecule has 0 unspecified atom stereocenters. The second-order valence-corrected chi connectivity index (χ2v) is 6.88. The summed E-state index contributed by atoms with van der Waals surface area (Å²) >= 11 is 6.61. The van der Waals surface area contributed by atoms with Crippen LogP contribution in [0.15, 0.2) is 41.1 Å². The van der Waals surface area contributed by atoms with Gasteiger partial charge in [0.1, 0.15) is 11.2 Å². The summed E-state index contributed by atoms with van der Waals surface area (Å²) < 4.78 is 5.50. The van der Waals surface area contributed by atoms with Crippen molar-refractivity contribution in [2.45, 2.75) is 24.1 Å². The normalized spacial score (nSPS) is 16.4. The third-order valence-electron chi connectivity index (χ3n) is 4.63. The van der Waals surface area contributed by atoms with Crippen LogP contribution in [0, 0.1) is 0 Å². The minimum Gasteiger partial charge on any atom is -0.356 e. The van der Waals surface area contributed by atoms with E-state index in [1.165, 1.54) is 0 Å². The first-order chi connectivity index (χ1) is 11.7. The highest BCUT2D eigenvalue weighted by Crippen LogP contribution is 2.49. The lowest BCUT2D eigenvalue weighted by Gasteiger charge is -2.33. The SMILES string of the molecule is ClC1(c2noc3cc(Nc4n[nH]c5cccnc45)ccc23)CCC1. The molecule has 24 heavy (non-hydrogen) atoms. The van der Waals surface area contributed by atoms with Gasteiger partial charge >= 0.3 is 0 Å². The lowest BCUT2D eigenvalue weighted by Crippen LogP contribution is -2.27. The molecule has 3 aromatic heterocycles. The van der Waals surface area contributed by atoms with Crippen LogP contribution in [0.2, 0.25) is 0 Å². The summed E-state index contributed by atoms with van der Waals surface area (Å²) in [5.74, 6) is 0.678. The topological polar surface area (TPSA) is 79.6 Å². The smallest absolute Gasteiger partial charge is 0.178 e. The molecule has 6 nitrogen and oxygen atoms in total. The zero-order valence-corrected chi connectivity index (χ0v) is 13.5. The number of aromatic amines is 1. The Balaban J connectivity index is 1.52. The molecule has 0 amide bonds. The van der Waals surface area contributed by atoms with E-state index in [1.54, 1.807) is 6.20 Å². The van der Waals surface area contributed by atoms with Gasteiger partial charge in [-0.1, -0.05) is 5.16 Å². The summed E-state index contributed by atoms with van der Waals surface area (Å²) in [6, 6.07) is 9.69. The van der Waals surface area contributed by atoms with Crippen LogP contribution in [0.1, 0.15) is 25.0 Å². The van der Waals surface area contributed by atoms with Crippen molar-refractivity contribution in [2.24, 2.45) is 0 Å². The zero-order chi connectivity index (χ0) is 16.1. The molecule has 4 aromatic rings. The predicted octanol–water partition coefficient (Wildman–Crippen LogP) is 4.46. The number of nitrogens with zero attached hydrogens (tertiary/aromatic N) is 3. The summed E-state index contributed by atoms with van der Waals surface area (Å²) in [5, 5.41) is 15.7. The van der Waals surface area contributed by atoms with Gasteiger partial charge in [0.05, 0.1) is 10.4 Å². The fourth-order valence-corrected chi connectivity index (χ4v) is 3.54. The number of hydrogen-bond acceptors (Lipinski definition) is 5. The van der Waals surface area contributed by atoms with E-state index in [4.69, 9.17) is 16.1 Å². The van der Waals surface area contributed by atoms with Gasteiger partial charge in [0, 0.05) is 23.3 Å². The molecule has 2 N–H and O–H groups in total. The molecule has 1 fully saturated rings. The number of nitrogens with one attached hydrogen (secondary N) is 2. The molecule has 0 atom stereocenters. The van der Waals surface area contributed by atoms with Crippen molar-refractivity contribution in [1.29, 1.82) is 0 Å². The van der Waals surface area contributed by atoms with Gasteiger partial charge in [-0.05, 0) is 43.5 Å². The van der Waals surface area contributed by atoms with Crippen molar-refractivity contribution in [3.05, 3.63) is 42.2 Å². The fourth-order valence-electron chi connectivity index (χ4n) is 3.14. The molecule has 0 radical (unpaired) electrons. The van der Waals surface area contributed by atoms with E-state index in [-0.39, 0.29) is 4.87 Å². The largest absolute Gasteiger partial charge is 0.356 e. The van der Waals surface area contributed by atoms with Crippen LogP contribution in [-0.2, 0) is 4.87 Å². The molecule has 5 rings (SSSR count). The molecule has 0 bridgehead atoms. The van der Waals surface area contributed by atoms with Crippen molar-refractivity contribution < 1.29 is 4.52 Å². The van der Waals surface area contributed by atoms with E-state index < -0.39 is 0 Å². The number of rotatable bonds is 3. The van der Waals surface area contributed by atoms with E-state index in [0.717, 1.165) is 52.6 Å². The molecule has 3 heterocycles. The maximum Gasteiger partial charge on any atom is 0.178 e. The number of benzene rings is 1. The fraction of sp³-hybridized carbons (Fsp3) is 0.235. The van der Waals surface area contributed by atoms with Crippen molar-refractivity contribution in [1.82, 2.24) is 20.3 Å². The number of H-pyrrole nitrogens is 1.